The number of amides is 4. The number of likely N-dealkylation sites (tertiary alicyclic amines) is 1. The van der Waals surface area contributed by atoms with E-state index in [1.807, 2.05) is 53.4 Å². The smallest absolute Gasteiger partial charge is 0.322 e. The first kappa shape index (κ1) is 23.3. The van der Waals surface area contributed by atoms with Crippen LogP contribution in [0.15, 0.2) is 54.7 Å². The summed E-state index contributed by atoms with van der Waals surface area (Å²) in [4.78, 5) is 47.1. The van der Waals surface area contributed by atoms with Gasteiger partial charge in [-0.1, -0.05) is 36.4 Å². The molecule has 8 heteroatoms. The highest BCUT2D eigenvalue weighted by atomic mass is 16.2. The van der Waals surface area contributed by atoms with Crippen molar-refractivity contribution in [3.05, 3.63) is 60.3 Å². The van der Waals surface area contributed by atoms with Gasteiger partial charge in [-0.15, -0.1) is 0 Å². The molecule has 35 heavy (non-hydrogen) atoms. The Kier molecular flexibility index (Phi) is 6.70. The summed E-state index contributed by atoms with van der Waals surface area (Å²) < 4.78 is 0. The predicted octanol–water partition coefficient (Wildman–Crippen LogP) is 2.75. The lowest BCUT2D eigenvalue weighted by Crippen LogP contribution is -2.57. The van der Waals surface area contributed by atoms with Gasteiger partial charge >= 0.3 is 6.03 Å². The molecule has 5 rings (SSSR count). The third kappa shape index (κ3) is 4.88. The number of carbonyl (C=O) groups excluding carboxylic acids is 3. The van der Waals surface area contributed by atoms with Crippen molar-refractivity contribution in [2.24, 2.45) is 11.8 Å². The van der Waals surface area contributed by atoms with Crippen molar-refractivity contribution in [2.45, 2.75) is 44.1 Å². The van der Waals surface area contributed by atoms with Crippen LogP contribution in [0.3, 0.4) is 0 Å². The minimum absolute atomic E-state index is 0.00177. The standard InChI is InChI=1S/C27H33N5O3/c33-24(21-9-6-16-32(19-21)23-10-4-5-15-28-23)31-17-12-22(13-18-31)27(25(34)29-26(35)30-27)14-11-20-7-2-1-3-8-20/h1-5,7-8,10,15,21-22H,6,9,11-14,16-19H2,(H2,29,30,34,35). The third-order valence-electron chi connectivity index (χ3n) is 7.87. The van der Waals surface area contributed by atoms with E-state index in [2.05, 4.69) is 20.5 Å². The lowest BCUT2D eigenvalue weighted by Gasteiger charge is -2.42. The van der Waals surface area contributed by atoms with E-state index >= 15 is 0 Å². The van der Waals surface area contributed by atoms with Gasteiger partial charge in [-0.2, -0.15) is 0 Å². The van der Waals surface area contributed by atoms with Crippen LogP contribution >= 0.6 is 0 Å². The maximum absolute atomic E-state index is 13.4. The molecule has 4 amide bonds. The van der Waals surface area contributed by atoms with E-state index in [0.717, 1.165) is 30.8 Å². The molecule has 3 aliphatic rings. The zero-order valence-electron chi connectivity index (χ0n) is 20.0. The molecule has 2 N–H and O–H groups in total. The van der Waals surface area contributed by atoms with E-state index in [1.165, 1.54) is 0 Å². The highest BCUT2D eigenvalue weighted by Crippen LogP contribution is 2.35. The Morgan fingerprint density at radius 3 is 2.46 bits per heavy atom. The molecule has 8 nitrogen and oxygen atoms in total. The van der Waals surface area contributed by atoms with Crippen LogP contribution in [0, 0.1) is 11.8 Å². The second-order valence-electron chi connectivity index (χ2n) is 9.94. The van der Waals surface area contributed by atoms with Crippen LogP contribution in [0.1, 0.15) is 37.7 Å². The van der Waals surface area contributed by atoms with Gasteiger partial charge in [-0.25, -0.2) is 9.78 Å². The van der Waals surface area contributed by atoms with Gasteiger partial charge in [0, 0.05) is 32.4 Å². The number of aryl methyl sites for hydroxylation is 1. The minimum Gasteiger partial charge on any atom is -0.356 e. The van der Waals surface area contributed by atoms with Crippen LogP contribution < -0.4 is 15.5 Å². The third-order valence-corrected chi connectivity index (χ3v) is 7.87. The van der Waals surface area contributed by atoms with E-state index in [-0.39, 0.29) is 23.7 Å². The second-order valence-corrected chi connectivity index (χ2v) is 9.94. The fourth-order valence-corrected chi connectivity index (χ4v) is 5.94. The number of rotatable bonds is 6. The molecule has 0 spiro atoms. The quantitative estimate of drug-likeness (QED) is 0.627. The van der Waals surface area contributed by atoms with Crippen LogP contribution in [0.2, 0.25) is 0 Å². The molecule has 0 radical (unpaired) electrons. The second kappa shape index (κ2) is 10.1. The van der Waals surface area contributed by atoms with Crippen molar-refractivity contribution in [2.75, 3.05) is 31.1 Å². The topological polar surface area (TPSA) is 94.6 Å². The highest BCUT2D eigenvalue weighted by Gasteiger charge is 2.52. The number of hydrogen-bond acceptors (Lipinski definition) is 5. The number of nitrogens with zero attached hydrogens (tertiary/aromatic N) is 3. The lowest BCUT2D eigenvalue weighted by atomic mass is 9.74. The van der Waals surface area contributed by atoms with Crippen LogP contribution in [-0.2, 0) is 16.0 Å². The number of hydrogen-bond donors (Lipinski definition) is 2. The number of carbonyl (C=O) groups is 3. The molecule has 1 aromatic heterocycles. The van der Waals surface area contributed by atoms with Gasteiger partial charge in [0.2, 0.25) is 5.91 Å². The molecule has 2 aromatic rings. The number of piperidine rings is 2. The van der Waals surface area contributed by atoms with E-state index in [0.29, 0.717) is 45.3 Å². The van der Waals surface area contributed by atoms with Gasteiger partial charge in [0.15, 0.2) is 0 Å². The Morgan fingerprint density at radius 1 is 1.00 bits per heavy atom. The van der Waals surface area contributed by atoms with Gasteiger partial charge in [-0.05, 0) is 62.1 Å². The molecule has 3 saturated heterocycles. The van der Waals surface area contributed by atoms with Gasteiger partial charge in [0.25, 0.3) is 5.91 Å². The number of pyridine rings is 1. The zero-order valence-corrected chi connectivity index (χ0v) is 20.0. The first-order valence-corrected chi connectivity index (χ1v) is 12.7. The molecule has 184 valence electrons. The predicted molar refractivity (Wildman–Crippen MR) is 133 cm³/mol. The minimum atomic E-state index is -0.914. The Bertz CT molecular complexity index is 1060. The molecule has 0 saturated carbocycles. The van der Waals surface area contributed by atoms with E-state index in [1.54, 1.807) is 6.20 Å². The number of urea groups is 1. The fraction of sp³-hybridized carbons (Fsp3) is 0.481. The summed E-state index contributed by atoms with van der Waals surface area (Å²) in [6.45, 7) is 2.83. The number of nitrogens with one attached hydrogen (secondary N) is 2. The highest BCUT2D eigenvalue weighted by molar-refractivity contribution is 6.07. The summed E-state index contributed by atoms with van der Waals surface area (Å²) in [5, 5.41) is 5.44. The van der Waals surface area contributed by atoms with Crippen molar-refractivity contribution >= 4 is 23.7 Å². The molecule has 2 atom stereocenters. The number of imide groups is 1. The summed E-state index contributed by atoms with van der Waals surface area (Å²) in [7, 11) is 0. The number of anilines is 1. The van der Waals surface area contributed by atoms with Gasteiger partial charge in [-0.3, -0.25) is 14.9 Å². The SMILES string of the molecule is O=C1NC(=O)C(CCc2ccccc2)(C2CCN(C(=O)C3CCCN(c4ccccn4)C3)CC2)N1. The van der Waals surface area contributed by atoms with Crippen molar-refractivity contribution in [1.29, 1.82) is 0 Å². The fourth-order valence-electron chi connectivity index (χ4n) is 5.94. The molecule has 1 aromatic carbocycles. The average molecular weight is 476 g/mol. The number of aromatic nitrogens is 1. The Balaban J connectivity index is 1.22. The summed E-state index contributed by atoms with van der Waals surface area (Å²) in [5.41, 5.74) is 0.228. The van der Waals surface area contributed by atoms with Gasteiger partial charge in [0.05, 0.1) is 5.92 Å². The van der Waals surface area contributed by atoms with Crippen LogP contribution in [0.5, 0.6) is 0 Å². The maximum atomic E-state index is 13.4. The summed E-state index contributed by atoms with van der Waals surface area (Å²) in [6.07, 6.45) is 6.31. The molecule has 2 unspecified atom stereocenters. The van der Waals surface area contributed by atoms with Gasteiger partial charge in [0.1, 0.15) is 11.4 Å². The van der Waals surface area contributed by atoms with Gasteiger partial charge < -0.3 is 15.1 Å². The average Bonchev–Trinajstić information content (AvgIpc) is 3.22. The van der Waals surface area contributed by atoms with E-state index < -0.39 is 11.6 Å². The van der Waals surface area contributed by atoms with Crippen LogP contribution in [0.4, 0.5) is 10.6 Å². The Labute approximate surface area is 206 Å². The molecule has 3 fully saturated rings. The summed E-state index contributed by atoms with van der Waals surface area (Å²) >= 11 is 0. The van der Waals surface area contributed by atoms with Crippen LogP contribution in [0.25, 0.3) is 0 Å². The Hall–Kier alpha value is -3.42. The lowest BCUT2D eigenvalue weighted by molar-refractivity contribution is -0.138. The number of benzene rings is 1. The first-order valence-electron chi connectivity index (χ1n) is 12.7. The molecule has 0 aliphatic carbocycles. The van der Waals surface area contributed by atoms with Crippen molar-refractivity contribution in [1.82, 2.24) is 20.5 Å². The van der Waals surface area contributed by atoms with E-state index in [4.69, 9.17) is 0 Å². The maximum Gasteiger partial charge on any atom is 0.322 e. The first-order chi connectivity index (χ1) is 17.0. The monoisotopic (exact) mass is 475 g/mol. The van der Waals surface area contributed by atoms with Crippen LogP contribution in [-0.4, -0.2) is 59.4 Å². The molecule has 4 heterocycles. The molecular weight excluding hydrogens is 442 g/mol. The summed E-state index contributed by atoms with van der Waals surface area (Å²) in [5.74, 6) is 0.845. The molecule has 0 bridgehead atoms. The zero-order chi connectivity index (χ0) is 24.3. The Morgan fingerprint density at radius 2 is 1.77 bits per heavy atom. The molecular formula is C27H33N5O3. The largest absolute Gasteiger partial charge is 0.356 e. The van der Waals surface area contributed by atoms with Crippen molar-refractivity contribution in [3.8, 4) is 0 Å². The molecule has 3 aliphatic heterocycles. The van der Waals surface area contributed by atoms with Crippen molar-refractivity contribution in [3.63, 3.8) is 0 Å². The van der Waals surface area contributed by atoms with Crippen molar-refractivity contribution < 1.29 is 14.4 Å². The normalized spacial score (nSPS) is 25.3. The van der Waals surface area contributed by atoms with E-state index in [9.17, 15) is 14.4 Å². The summed E-state index contributed by atoms with van der Waals surface area (Å²) in [6, 6.07) is 15.5.